The van der Waals surface area contributed by atoms with Gasteiger partial charge in [0.05, 0.1) is 15.6 Å². The van der Waals surface area contributed by atoms with Crippen LogP contribution in [0.3, 0.4) is 0 Å². The van der Waals surface area contributed by atoms with E-state index in [1.807, 2.05) is 12.1 Å². The minimum absolute atomic E-state index is 0.0923. The summed E-state index contributed by atoms with van der Waals surface area (Å²) in [6.07, 6.45) is 0.0923. The molecule has 0 saturated carbocycles. The molecule has 1 saturated heterocycles. The van der Waals surface area contributed by atoms with Gasteiger partial charge in [0.15, 0.2) is 5.78 Å². The lowest BCUT2D eigenvalue weighted by Gasteiger charge is -2.28. The second-order valence-corrected chi connectivity index (χ2v) is 6.73. The first-order valence-electron chi connectivity index (χ1n) is 6.71. The van der Waals surface area contributed by atoms with Crippen molar-refractivity contribution in [3.63, 3.8) is 0 Å². The molecule has 0 amide bonds. The van der Waals surface area contributed by atoms with Crippen LogP contribution in [0.2, 0.25) is 10.0 Å². The highest BCUT2D eigenvalue weighted by molar-refractivity contribution is 9.10. The van der Waals surface area contributed by atoms with Crippen LogP contribution in [0.5, 0.6) is 5.75 Å². The highest BCUT2D eigenvalue weighted by atomic mass is 79.9. The molecular weight excluding hydrogens is 389 g/mol. The van der Waals surface area contributed by atoms with Crippen LogP contribution < -0.4 is 10.1 Å². The largest absolute Gasteiger partial charge is 0.487 e. The molecule has 0 aromatic heterocycles. The molecule has 1 N–H and O–H groups in total. The zero-order chi connectivity index (χ0) is 15.7. The van der Waals surface area contributed by atoms with Gasteiger partial charge in [-0.25, -0.2) is 0 Å². The van der Waals surface area contributed by atoms with Crippen molar-refractivity contribution in [2.45, 2.75) is 6.10 Å². The Balaban J connectivity index is 1.95. The third kappa shape index (κ3) is 3.30. The van der Waals surface area contributed by atoms with Gasteiger partial charge < -0.3 is 10.1 Å². The van der Waals surface area contributed by atoms with Gasteiger partial charge in [0.2, 0.25) is 0 Å². The van der Waals surface area contributed by atoms with Gasteiger partial charge in [0, 0.05) is 23.1 Å². The molecule has 0 atom stereocenters. The van der Waals surface area contributed by atoms with Crippen molar-refractivity contribution in [3.8, 4) is 5.75 Å². The van der Waals surface area contributed by atoms with E-state index >= 15 is 0 Å². The molecule has 0 unspecified atom stereocenters. The Kier molecular flexibility index (Phi) is 4.73. The van der Waals surface area contributed by atoms with Crippen LogP contribution in [0.1, 0.15) is 15.9 Å². The second kappa shape index (κ2) is 6.59. The third-order valence-electron chi connectivity index (χ3n) is 3.41. The first-order chi connectivity index (χ1) is 10.5. The highest BCUT2D eigenvalue weighted by Crippen LogP contribution is 2.29. The Bertz CT molecular complexity index is 732. The third-order valence-corrected chi connectivity index (χ3v) is 4.64. The predicted molar refractivity (Wildman–Crippen MR) is 91.3 cm³/mol. The van der Waals surface area contributed by atoms with Crippen molar-refractivity contribution >= 4 is 44.9 Å². The number of carbonyl (C=O) groups is 1. The van der Waals surface area contributed by atoms with Gasteiger partial charge in [-0.15, -0.1) is 0 Å². The Morgan fingerprint density at radius 1 is 1.14 bits per heavy atom. The molecule has 0 radical (unpaired) electrons. The standard InChI is InChI=1S/C16H12BrCl2NO2/c17-10-2-3-12(15(6-10)22-11-7-20-8-11)16(21)9-1-4-13(18)14(19)5-9/h1-6,11,20H,7-8H2. The van der Waals surface area contributed by atoms with Crippen molar-refractivity contribution in [1.82, 2.24) is 5.32 Å². The number of hydrogen-bond acceptors (Lipinski definition) is 3. The Morgan fingerprint density at radius 3 is 2.55 bits per heavy atom. The molecule has 6 heteroatoms. The zero-order valence-corrected chi connectivity index (χ0v) is 14.5. The average molecular weight is 401 g/mol. The summed E-state index contributed by atoms with van der Waals surface area (Å²) in [7, 11) is 0. The smallest absolute Gasteiger partial charge is 0.196 e. The number of ketones is 1. The van der Waals surface area contributed by atoms with E-state index in [1.54, 1.807) is 24.3 Å². The molecule has 0 bridgehead atoms. The van der Waals surface area contributed by atoms with Gasteiger partial charge in [0.25, 0.3) is 0 Å². The van der Waals surface area contributed by atoms with Gasteiger partial charge in [0.1, 0.15) is 11.9 Å². The predicted octanol–water partition coefficient (Wildman–Crippen LogP) is 4.34. The number of hydrogen-bond donors (Lipinski definition) is 1. The van der Waals surface area contributed by atoms with Crippen molar-refractivity contribution in [3.05, 3.63) is 62.0 Å². The maximum atomic E-state index is 12.7. The van der Waals surface area contributed by atoms with Crippen molar-refractivity contribution in [1.29, 1.82) is 0 Å². The number of halogens is 3. The average Bonchev–Trinajstić information content (AvgIpc) is 2.45. The zero-order valence-electron chi connectivity index (χ0n) is 11.4. The molecule has 3 rings (SSSR count). The Morgan fingerprint density at radius 2 is 1.91 bits per heavy atom. The number of carbonyl (C=O) groups excluding carboxylic acids is 1. The molecule has 114 valence electrons. The minimum atomic E-state index is -0.145. The monoisotopic (exact) mass is 399 g/mol. The summed E-state index contributed by atoms with van der Waals surface area (Å²) in [5.41, 5.74) is 0.988. The van der Waals surface area contributed by atoms with Gasteiger partial charge >= 0.3 is 0 Å². The molecule has 2 aromatic carbocycles. The summed E-state index contributed by atoms with van der Waals surface area (Å²) in [5.74, 6) is 0.422. The van der Waals surface area contributed by atoms with Crippen LogP contribution in [0.15, 0.2) is 40.9 Å². The van der Waals surface area contributed by atoms with Crippen LogP contribution in [0.4, 0.5) is 0 Å². The summed E-state index contributed by atoms with van der Waals surface area (Å²) in [4.78, 5) is 12.7. The van der Waals surface area contributed by atoms with Crippen LogP contribution in [-0.2, 0) is 0 Å². The summed E-state index contributed by atoms with van der Waals surface area (Å²) < 4.78 is 6.75. The van der Waals surface area contributed by atoms with E-state index in [1.165, 1.54) is 0 Å². The minimum Gasteiger partial charge on any atom is -0.487 e. The normalized spacial score (nSPS) is 14.5. The van der Waals surface area contributed by atoms with Crippen LogP contribution in [0.25, 0.3) is 0 Å². The molecule has 1 heterocycles. The molecule has 3 nitrogen and oxygen atoms in total. The number of nitrogens with one attached hydrogen (secondary N) is 1. The SMILES string of the molecule is O=C(c1ccc(Cl)c(Cl)c1)c1ccc(Br)cc1OC1CNC1. The van der Waals surface area contributed by atoms with Gasteiger partial charge in [-0.1, -0.05) is 39.1 Å². The molecule has 2 aromatic rings. The second-order valence-electron chi connectivity index (χ2n) is 5.00. The molecular formula is C16H12BrCl2NO2. The van der Waals surface area contributed by atoms with E-state index in [0.717, 1.165) is 17.6 Å². The fourth-order valence-electron chi connectivity index (χ4n) is 2.10. The fourth-order valence-corrected chi connectivity index (χ4v) is 2.74. The van der Waals surface area contributed by atoms with Gasteiger partial charge in [-0.2, -0.15) is 0 Å². The molecule has 0 spiro atoms. The van der Waals surface area contributed by atoms with Gasteiger partial charge in [-0.3, -0.25) is 4.79 Å². The van der Waals surface area contributed by atoms with Crippen molar-refractivity contribution < 1.29 is 9.53 Å². The van der Waals surface area contributed by atoms with Crippen molar-refractivity contribution in [2.75, 3.05) is 13.1 Å². The maximum Gasteiger partial charge on any atom is 0.196 e. The lowest BCUT2D eigenvalue weighted by Crippen LogP contribution is -2.50. The maximum absolute atomic E-state index is 12.7. The Hall–Kier alpha value is -1.07. The van der Waals surface area contributed by atoms with Crippen LogP contribution in [0, 0.1) is 0 Å². The summed E-state index contributed by atoms with van der Waals surface area (Å²) in [5, 5.41) is 3.92. The topological polar surface area (TPSA) is 38.3 Å². The lowest BCUT2D eigenvalue weighted by atomic mass is 10.0. The molecule has 1 fully saturated rings. The first-order valence-corrected chi connectivity index (χ1v) is 8.26. The fraction of sp³-hybridized carbons (Fsp3) is 0.188. The van der Waals surface area contributed by atoms with E-state index in [2.05, 4.69) is 21.2 Å². The number of rotatable bonds is 4. The first kappa shape index (κ1) is 15.8. The molecule has 22 heavy (non-hydrogen) atoms. The molecule has 0 aliphatic carbocycles. The quantitative estimate of drug-likeness (QED) is 0.776. The number of benzene rings is 2. The van der Waals surface area contributed by atoms with Crippen molar-refractivity contribution in [2.24, 2.45) is 0 Å². The van der Waals surface area contributed by atoms with E-state index in [-0.39, 0.29) is 11.9 Å². The highest BCUT2D eigenvalue weighted by Gasteiger charge is 2.22. The lowest BCUT2D eigenvalue weighted by molar-refractivity contribution is 0.102. The summed E-state index contributed by atoms with van der Waals surface area (Å²) >= 11 is 15.3. The van der Waals surface area contributed by atoms with Crippen LogP contribution in [-0.4, -0.2) is 25.0 Å². The number of ether oxygens (including phenoxy) is 1. The van der Waals surface area contributed by atoms with Crippen LogP contribution >= 0.6 is 39.1 Å². The van der Waals surface area contributed by atoms with Gasteiger partial charge in [-0.05, 0) is 36.4 Å². The summed E-state index contributed by atoms with van der Waals surface area (Å²) in [6, 6.07) is 10.2. The van der Waals surface area contributed by atoms with E-state index < -0.39 is 0 Å². The van der Waals surface area contributed by atoms with E-state index in [4.69, 9.17) is 27.9 Å². The van der Waals surface area contributed by atoms with E-state index in [0.29, 0.717) is 26.9 Å². The Labute approximate surface area is 146 Å². The van der Waals surface area contributed by atoms with E-state index in [9.17, 15) is 4.79 Å². The molecule has 1 aliphatic rings. The molecule has 1 aliphatic heterocycles. The summed E-state index contributed by atoms with van der Waals surface area (Å²) in [6.45, 7) is 1.57.